The van der Waals surface area contributed by atoms with E-state index in [0.29, 0.717) is 32.5 Å². The van der Waals surface area contributed by atoms with Crippen molar-refractivity contribution >= 4 is 81.7 Å². The van der Waals surface area contributed by atoms with Crippen molar-refractivity contribution in [2.24, 2.45) is 0 Å². The molecule has 4 aromatic rings. The molecule has 0 saturated heterocycles. The van der Waals surface area contributed by atoms with Crippen LogP contribution in [-0.2, 0) is 9.59 Å². The largest absolute Gasteiger partial charge is 0.325 e. The van der Waals surface area contributed by atoms with Gasteiger partial charge >= 0.3 is 0 Å². The third kappa shape index (κ3) is 8.17. The number of halogens is 3. The first-order valence-electron chi connectivity index (χ1n) is 12.8. The first-order chi connectivity index (χ1) is 20.1. The molecule has 0 aliphatic rings. The third-order valence-corrected chi connectivity index (χ3v) is 8.48. The van der Waals surface area contributed by atoms with Crippen LogP contribution >= 0.6 is 46.6 Å². The Morgan fingerprint density at radius 3 is 2.17 bits per heavy atom. The van der Waals surface area contributed by atoms with Crippen LogP contribution in [0.1, 0.15) is 28.4 Å². The van der Waals surface area contributed by atoms with E-state index >= 15 is 0 Å². The van der Waals surface area contributed by atoms with Crippen LogP contribution in [0.25, 0.3) is 6.08 Å². The van der Waals surface area contributed by atoms with Crippen LogP contribution in [0, 0.1) is 6.92 Å². The minimum absolute atomic E-state index is 0.0203. The van der Waals surface area contributed by atoms with Crippen molar-refractivity contribution in [1.29, 1.82) is 0 Å². The van der Waals surface area contributed by atoms with Gasteiger partial charge in [-0.2, -0.15) is 0 Å². The van der Waals surface area contributed by atoms with Gasteiger partial charge < -0.3 is 16.0 Å². The van der Waals surface area contributed by atoms with Gasteiger partial charge in [0.2, 0.25) is 5.91 Å². The van der Waals surface area contributed by atoms with Gasteiger partial charge in [-0.1, -0.05) is 71.2 Å². The number of hydrogen-bond donors (Lipinski definition) is 3. The summed E-state index contributed by atoms with van der Waals surface area (Å²) in [5.74, 6) is -1.17. The van der Waals surface area contributed by atoms with Gasteiger partial charge in [0.15, 0.2) is 0 Å². The fourth-order valence-corrected chi connectivity index (χ4v) is 5.18. The first-order valence-corrected chi connectivity index (χ1v) is 14.8. The van der Waals surface area contributed by atoms with E-state index in [1.165, 1.54) is 17.8 Å². The van der Waals surface area contributed by atoms with E-state index in [1.807, 2.05) is 13.8 Å². The van der Waals surface area contributed by atoms with Crippen molar-refractivity contribution in [3.05, 3.63) is 128 Å². The Hall–Kier alpha value is -3.75. The standard InChI is InChI=1S/C32H26Cl3N3O3S/c1-19-25(33)11-7-13-27(19)37-30(39)20(2)42-24-16-14-23(15-17-24)36-32(41)28(18-22-10-6-12-26(34)29(22)35)38-31(40)21-8-4-3-5-9-21/h3-18,20H,1-2H3,(H,36,41)(H,37,39)(H,38,40)/b28-18-. The number of hydrogen-bond acceptors (Lipinski definition) is 4. The van der Waals surface area contributed by atoms with E-state index in [2.05, 4.69) is 16.0 Å². The number of nitrogens with one attached hydrogen (secondary N) is 3. The number of amides is 3. The number of carbonyl (C=O) groups excluding carboxylic acids is 3. The highest BCUT2D eigenvalue weighted by Gasteiger charge is 2.18. The average molecular weight is 639 g/mol. The van der Waals surface area contributed by atoms with Crippen LogP contribution in [-0.4, -0.2) is 23.0 Å². The second-order valence-corrected chi connectivity index (χ2v) is 11.8. The lowest BCUT2D eigenvalue weighted by molar-refractivity contribution is -0.115. The van der Waals surface area contributed by atoms with Gasteiger partial charge in [0.1, 0.15) is 5.70 Å². The quantitative estimate of drug-likeness (QED) is 0.127. The SMILES string of the molecule is Cc1c(Cl)cccc1NC(=O)C(C)Sc1ccc(NC(=O)/C(=C/c2cccc(Cl)c2Cl)NC(=O)c2ccccc2)cc1. The van der Waals surface area contributed by atoms with Gasteiger partial charge in [-0.25, -0.2) is 0 Å². The number of anilines is 2. The van der Waals surface area contributed by atoms with Crippen molar-refractivity contribution in [3.63, 3.8) is 0 Å². The highest BCUT2D eigenvalue weighted by Crippen LogP contribution is 2.29. The normalized spacial score (nSPS) is 11.9. The summed E-state index contributed by atoms with van der Waals surface area (Å²) in [5.41, 5.74) is 2.80. The molecule has 0 aliphatic carbocycles. The van der Waals surface area contributed by atoms with E-state index in [-0.39, 0.29) is 16.6 Å². The number of rotatable bonds is 9. The molecule has 0 aliphatic heterocycles. The fraction of sp³-hybridized carbons (Fsp3) is 0.0938. The van der Waals surface area contributed by atoms with Crippen LogP contribution in [0.3, 0.4) is 0 Å². The maximum atomic E-state index is 13.3. The van der Waals surface area contributed by atoms with E-state index in [1.54, 1.807) is 91.0 Å². The summed E-state index contributed by atoms with van der Waals surface area (Å²) in [6.07, 6.45) is 1.47. The minimum Gasteiger partial charge on any atom is -0.325 e. The topological polar surface area (TPSA) is 87.3 Å². The van der Waals surface area contributed by atoms with Crippen molar-refractivity contribution in [2.45, 2.75) is 24.0 Å². The summed E-state index contributed by atoms with van der Waals surface area (Å²) in [7, 11) is 0. The molecule has 0 radical (unpaired) electrons. The van der Waals surface area contributed by atoms with Crippen molar-refractivity contribution in [2.75, 3.05) is 10.6 Å². The summed E-state index contributed by atoms with van der Waals surface area (Å²) in [6.45, 7) is 3.66. The van der Waals surface area contributed by atoms with Crippen molar-refractivity contribution in [3.8, 4) is 0 Å². The molecule has 10 heteroatoms. The average Bonchev–Trinajstić information content (AvgIpc) is 2.98. The highest BCUT2D eigenvalue weighted by atomic mass is 35.5. The molecule has 3 N–H and O–H groups in total. The molecule has 0 bridgehead atoms. The summed E-state index contributed by atoms with van der Waals surface area (Å²) in [6, 6.07) is 26.0. The molecular weight excluding hydrogens is 613 g/mol. The monoisotopic (exact) mass is 637 g/mol. The molecule has 0 heterocycles. The Labute approximate surface area is 263 Å². The van der Waals surface area contributed by atoms with Crippen LogP contribution in [0.15, 0.2) is 102 Å². The van der Waals surface area contributed by atoms with Crippen LogP contribution in [0.5, 0.6) is 0 Å². The zero-order chi connectivity index (χ0) is 30.2. The molecule has 0 fully saturated rings. The zero-order valence-corrected chi connectivity index (χ0v) is 25.7. The number of thioether (sulfide) groups is 1. The molecule has 1 unspecified atom stereocenters. The Bertz CT molecular complexity index is 1640. The highest BCUT2D eigenvalue weighted by molar-refractivity contribution is 8.00. The smallest absolute Gasteiger partial charge is 0.272 e. The zero-order valence-electron chi connectivity index (χ0n) is 22.6. The molecule has 42 heavy (non-hydrogen) atoms. The lowest BCUT2D eigenvalue weighted by Crippen LogP contribution is -2.30. The van der Waals surface area contributed by atoms with Gasteiger partial charge in [0, 0.05) is 26.9 Å². The molecule has 4 aromatic carbocycles. The lowest BCUT2D eigenvalue weighted by Gasteiger charge is -2.15. The molecule has 3 amide bonds. The predicted molar refractivity (Wildman–Crippen MR) is 174 cm³/mol. The molecular formula is C32H26Cl3N3O3S. The van der Waals surface area contributed by atoms with E-state index in [9.17, 15) is 14.4 Å². The van der Waals surface area contributed by atoms with Crippen molar-refractivity contribution < 1.29 is 14.4 Å². The molecule has 1 atom stereocenters. The second kappa shape index (κ2) is 14.4. The maximum Gasteiger partial charge on any atom is 0.272 e. The third-order valence-electron chi connectivity index (χ3n) is 6.13. The van der Waals surface area contributed by atoms with Gasteiger partial charge in [-0.3, -0.25) is 14.4 Å². The summed E-state index contributed by atoms with van der Waals surface area (Å²) >= 11 is 20.0. The number of carbonyl (C=O) groups is 3. The molecule has 0 spiro atoms. The van der Waals surface area contributed by atoms with Crippen LogP contribution in [0.4, 0.5) is 11.4 Å². The van der Waals surface area contributed by atoms with Crippen molar-refractivity contribution in [1.82, 2.24) is 5.32 Å². The van der Waals surface area contributed by atoms with E-state index in [0.717, 1.165) is 10.5 Å². The Balaban J connectivity index is 1.46. The predicted octanol–water partition coefficient (Wildman–Crippen LogP) is 8.48. The lowest BCUT2D eigenvalue weighted by atomic mass is 10.1. The Morgan fingerprint density at radius 1 is 0.786 bits per heavy atom. The van der Waals surface area contributed by atoms with Gasteiger partial charge in [-0.05, 0) is 85.6 Å². The van der Waals surface area contributed by atoms with E-state index < -0.39 is 17.1 Å². The second-order valence-electron chi connectivity index (χ2n) is 9.16. The number of benzene rings is 4. The minimum atomic E-state index is -0.555. The van der Waals surface area contributed by atoms with Gasteiger partial charge in [0.25, 0.3) is 11.8 Å². The molecule has 214 valence electrons. The van der Waals surface area contributed by atoms with Crippen LogP contribution in [0.2, 0.25) is 15.1 Å². The van der Waals surface area contributed by atoms with Gasteiger partial charge in [0.05, 0.1) is 15.3 Å². The Kier molecular flexibility index (Phi) is 10.7. The molecule has 0 aromatic heterocycles. The maximum absolute atomic E-state index is 13.3. The molecule has 0 saturated carbocycles. The molecule has 4 rings (SSSR count). The summed E-state index contributed by atoms with van der Waals surface area (Å²) in [5, 5.41) is 9.15. The summed E-state index contributed by atoms with van der Waals surface area (Å²) in [4.78, 5) is 39.8. The summed E-state index contributed by atoms with van der Waals surface area (Å²) < 4.78 is 0. The fourth-order valence-electron chi connectivity index (χ4n) is 3.78. The molecule has 6 nitrogen and oxygen atoms in total. The van der Waals surface area contributed by atoms with Gasteiger partial charge in [-0.15, -0.1) is 11.8 Å². The Morgan fingerprint density at radius 2 is 1.45 bits per heavy atom. The van der Waals surface area contributed by atoms with E-state index in [4.69, 9.17) is 34.8 Å². The van der Waals surface area contributed by atoms with Crippen LogP contribution < -0.4 is 16.0 Å². The first kappa shape index (κ1) is 31.2.